The highest BCUT2D eigenvalue weighted by molar-refractivity contribution is 7.09. The molecule has 1 aromatic heterocycles. The summed E-state index contributed by atoms with van der Waals surface area (Å²) in [5.41, 5.74) is 0.467. The molecular formula is C28H44N2O6S. The van der Waals surface area contributed by atoms with Crippen molar-refractivity contribution in [1.82, 2.24) is 9.88 Å². The average molecular weight is 537 g/mol. The predicted molar refractivity (Wildman–Crippen MR) is 144 cm³/mol. The van der Waals surface area contributed by atoms with Crippen LogP contribution in [0.5, 0.6) is 0 Å². The van der Waals surface area contributed by atoms with Crippen LogP contribution < -0.4 is 0 Å². The number of Topliss-reactive ketones (excluding diaryl/α,β-unsaturated/α-hetero) is 1. The fraction of sp³-hybridized carbons (Fsp3) is 0.750. The number of aliphatic hydroxyl groups is 3. The van der Waals surface area contributed by atoms with Crippen LogP contribution in [-0.2, 0) is 14.3 Å². The van der Waals surface area contributed by atoms with Crippen molar-refractivity contribution in [2.75, 3.05) is 13.2 Å². The predicted octanol–water partition coefficient (Wildman–Crippen LogP) is 3.37. The topological polar surface area (TPSA) is 120 Å². The number of cyclic esters (lactones) is 1. The lowest BCUT2D eigenvalue weighted by Crippen LogP contribution is -2.45. The van der Waals surface area contributed by atoms with E-state index in [9.17, 15) is 24.9 Å². The second-order valence-corrected chi connectivity index (χ2v) is 12.5. The lowest BCUT2D eigenvalue weighted by molar-refractivity contribution is -0.154. The van der Waals surface area contributed by atoms with Crippen molar-refractivity contribution in [2.24, 2.45) is 17.3 Å². The number of thiazole rings is 1. The maximum Gasteiger partial charge on any atom is 0.309 e. The summed E-state index contributed by atoms with van der Waals surface area (Å²) in [5, 5.41) is 34.3. The lowest BCUT2D eigenvalue weighted by Gasteiger charge is -2.34. The van der Waals surface area contributed by atoms with Crippen molar-refractivity contribution in [1.29, 1.82) is 0 Å². The molecule has 0 aliphatic carbocycles. The number of aryl methyl sites for hydroxylation is 1. The van der Waals surface area contributed by atoms with Gasteiger partial charge in [0.05, 0.1) is 41.4 Å². The van der Waals surface area contributed by atoms with Crippen molar-refractivity contribution < 1.29 is 29.6 Å². The molecule has 4 unspecified atom stereocenters. The summed E-state index contributed by atoms with van der Waals surface area (Å²) in [6.45, 7) is 11.4. The molecule has 0 spiro atoms. The number of hydrogen-bond acceptors (Lipinski definition) is 9. The average Bonchev–Trinajstić information content (AvgIpc) is 3.29. The molecule has 8 nitrogen and oxygen atoms in total. The molecule has 3 heterocycles. The Morgan fingerprint density at radius 3 is 2.57 bits per heavy atom. The molecule has 2 aliphatic heterocycles. The molecule has 0 radical (unpaired) electrons. The molecule has 0 saturated carbocycles. The van der Waals surface area contributed by atoms with Crippen molar-refractivity contribution in [3.63, 3.8) is 0 Å². The van der Waals surface area contributed by atoms with Gasteiger partial charge in [0.2, 0.25) is 0 Å². The molecule has 0 bridgehead atoms. The summed E-state index contributed by atoms with van der Waals surface area (Å²) < 4.78 is 5.94. The van der Waals surface area contributed by atoms with E-state index >= 15 is 0 Å². The first kappa shape index (κ1) is 29.9. The number of nitrogens with zero attached hydrogens (tertiary/aromatic N) is 2. The molecule has 2 saturated heterocycles. The van der Waals surface area contributed by atoms with Gasteiger partial charge >= 0.3 is 5.97 Å². The molecule has 0 aromatic carbocycles. The molecule has 208 valence electrons. The Morgan fingerprint density at radius 2 is 1.95 bits per heavy atom. The standard InChI is InChI=1S/C28H44N2O6S/c1-16-8-7-9-21-22(30(21)10-11-31)13-23(17(2)12-20-15-37-19(4)29-20)36-25(33)14-24(32)28(5,6)27(35)18(3)26(16)34/h12,15-16,18,21-24,26,31-32,34H,7-11,13-14H2,1-6H3/b17-12+/t16-,18+,21?,22?,23?,24-,26-,30?/m0/s1. The molecule has 37 heavy (non-hydrogen) atoms. The molecule has 2 aliphatic rings. The fourth-order valence-electron chi connectivity index (χ4n) is 5.65. The van der Waals surface area contributed by atoms with E-state index in [4.69, 9.17) is 4.74 Å². The SMILES string of the molecule is C/C(=C\c1csc(C)n1)C1CC2C(CCC[C@H](C)[C@H](O)[C@@H](C)C(=O)C(C)(C)[C@@H](O)CC(=O)O1)N2CCO. The van der Waals surface area contributed by atoms with E-state index < -0.39 is 35.6 Å². The van der Waals surface area contributed by atoms with Crippen molar-refractivity contribution >= 4 is 29.2 Å². The third kappa shape index (κ3) is 7.26. The number of ketones is 1. The number of rotatable bonds is 4. The van der Waals surface area contributed by atoms with E-state index in [1.165, 1.54) is 0 Å². The minimum Gasteiger partial charge on any atom is -0.458 e. The number of β-amino-alcohol motifs (C(OH)–C–C–N with tert-alkyl or cyclic N) is 1. The van der Waals surface area contributed by atoms with Gasteiger partial charge in [-0.2, -0.15) is 0 Å². The van der Waals surface area contributed by atoms with Crippen LogP contribution in [-0.4, -0.2) is 80.5 Å². The van der Waals surface area contributed by atoms with Crippen LogP contribution in [0.2, 0.25) is 0 Å². The number of hydrogen-bond donors (Lipinski definition) is 3. The van der Waals surface area contributed by atoms with Crippen LogP contribution in [0.25, 0.3) is 6.08 Å². The van der Waals surface area contributed by atoms with E-state index in [0.29, 0.717) is 13.0 Å². The maximum absolute atomic E-state index is 13.3. The van der Waals surface area contributed by atoms with Gasteiger partial charge in [-0.1, -0.05) is 34.1 Å². The zero-order chi connectivity index (χ0) is 27.5. The van der Waals surface area contributed by atoms with Gasteiger partial charge in [-0.15, -0.1) is 11.3 Å². The number of carbonyl (C=O) groups excluding carboxylic acids is 2. The van der Waals surface area contributed by atoms with Crippen LogP contribution in [0, 0.1) is 24.2 Å². The first-order chi connectivity index (χ1) is 17.4. The molecule has 9 heteroatoms. The summed E-state index contributed by atoms with van der Waals surface area (Å²) in [6, 6.07) is 0.434. The Kier molecular flexibility index (Phi) is 10.1. The zero-order valence-electron chi connectivity index (χ0n) is 23.0. The Morgan fingerprint density at radius 1 is 1.24 bits per heavy atom. The lowest BCUT2D eigenvalue weighted by atomic mass is 9.73. The van der Waals surface area contributed by atoms with Crippen molar-refractivity contribution in [3.8, 4) is 0 Å². The smallest absolute Gasteiger partial charge is 0.309 e. The number of aromatic nitrogens is 1. The van der Waals surface area contributed by atoms with Gasteiger partial charge in [0.25, 0.3) is 0 Å². The largest absolute Gasteiger partial charge is 0.458 e. The summed E-state index contributed by atoms with van der Waals surface area (Å²) in [4.78, 5) is 33.1. The fourth-order valence-corrected chi connectivity index (χ4v) is 6.22. The van der Waals surface area contributed by atoms with E-state index in [0.717, 1.165) is 35.5 Å². The Bertz CT molecular complexity index is 976. The Labute approximate surface area is 224 Å². The molecule has 3 rings (SSSR count). The van der Waals surface area contributed by atoms with Gasteiger partial charge in [0.15, 0.2) is 0 Å². The minimum absolute atomic E-state index is 0.0559. The highest BCUT2D eigenvalue weighted by Gasteiger charge is 2.48. The molecule has 3 N–H and O–H groups in total. The highest BCUT2D eigenvalue weighted by atomic mass is 32.1. The zero-order valence-corrected chi connectivity index (χ0v) is 23.8. The van der Waals surface area contributed by atoms with Crippen LogP contribution in [0.15, 0.2) is 11.0 Å². The number of ether oxygens (including phenoxy) is 1. The number of esters is 1. The van der Waals surface area contributed by atoms with Crippen LogP contribution in [0.1, 0.15) is 77.4 Å². The van der Waals surface area contributed by atoms with Crippen LogP contribution in [0.4, 0.5) is 0 Å². The van der Waals surface area contributed by atoms with E-state index in [-0.39, 0.29) is 36.8 Å². The van der Waals surface area contributed by atoms with Crippen molar-refractivity contribution in [2.45, 2.75) is 104 Å². The second-order valence-electron chi connectivity index (χ2n) is 11.5. The number of fused-ring (bicyclic) bond motifs is 1. The first-order valence-electron chi connectivity index (χ1n) is 13.4. The summed E-state index contributed by atoms with van der Waals surface area (Å²) in [5.74, 6) is -1.57. The summed E-state index contributed by atoms with van der Waals surface area (Å²) in [7, 11) is 0. The molecule has 0 amide bonds. The second kappa shape index (κ2) is 12.5. The van der Waals surface area contributed by atoms with Gasteiger partial charge in [0.1, 0.15) is 11.9 Å². The third-order valence-electron chi connectivity index (χ3n) is 8.31. The van der Waals surface area contributed by atoms with E-state index in [2.05, 4.69) is 9.88 Å². The van der Waals surface area contributed by atoms with E-state index in [1.807, 2.05) is 32.2 Å². The van der Waals surface area contributed by atoms with Gasteiger partial charge in [-0.25, -0.2) is 4.98 Å². The summed E-state index contributed by atoms with van der Waals surface area (Å²) in [6.07, 6.45) is 2.19. The van der Waals surface area contributed by atoms with Gasteiger partial charge in [-0.3, -0.25) is 14.5 Å². The molecular weight excluding hydrogens is 492 g/mol. The molecule has 1 aromatic rings. The van der Waals surface area contributed by atoms with Crippen molar-refractivity contribution in [3.05, 3.63) is 21.7 Å². The molecule has 2 fully saturated rings. The Hall–Kier alpha value is -1.65. The number of aliphatic hydroxyl groups excluding tert-OH is 3. The summed E-state index contributed by atoms with van der Waals surface area (Å²) >= 11 is 1.55. The first-order valence-corrected chi connectivity index (χ1v) is 14.3. The normalized spacial score (nSPS) is 36.1. The monoisotopic (exact) mass is 536 g/mol. The van der Waals surface area contributed by atoms with Gasteiger partial charge in [0, 0.05) is 36.3 Å². The third-order valence-corrected chi connectivity index (χ3v) is 9.10. The maximum atomic E-state index is 13.3. The number of carbonyl (C=O) groups is 2. The van der Waals surface area contributed by atoms with Gasteiger partial charge in [-0.05, 0) is 44.3 Å². The Balaban J connectivity index is 1.88. The quantitative estimate of drug-likeness (QED) is 0.396. The molecule has 8 atom stereocenters. The minimum atomic E-state index is -1.24. The highest BCUT2D eigenvalue weighted by Crippen LogP contribution is 2.39. The van der Waals surface area contributed by atoms with Crippen LogP contribution in [0.3, 0.4) is 0 Å². The van der Waals surface area contributed by atoms with Gasteiger partial charge < -0.3 is 20.1 Å². The van der Waals surface area contributed by atoms with E-state index in [1.54, 1.807) is 32.1 Å². The van der Waals surface area contributed by atoms with Crippen LogP contribution >= 0.6 is 11.3 Å².